The maximum Gasteiger partial charge on any atom is 0.223 e. The van der Waals surface area contributed by atoms with Gasteiger partial charge in [-0.2, -0.15) is 0 Å². The van der Waals surface area contributed by atoms with Crippen molar-refractivity contribution in [2.75, 3.05) is 19.6 Å². The van der Waals surface area contributed by atoms with E-state index in [9.17, 15) is 4.79 Å². The van der Waals surface area contributed by atoms with E-state index in [0.29, 0.717) is 6.42 Å². The number of carbonyl (C=O) groups is 1. The third-order valence-corrected chi connectivity index (χ3v) is 4.96. The van der Waals surface area contributed by atoms with E-state index in [1.54, 1.807) is 17.5 Å². The highest BCUT2D eigenvalue weighted by molar-refractivity contribution is 7.09. The van der Waals surface area contributed by atoms with Gasteiger partial charge in [-0.3, -0.25) is 9.78 Å². The van der Waals surface area contributed by atoms with Gasteiger partial charge in [-0.25, -0.2) is 0 Å². The minimum atomic E-state index is 0. The molecule has 1 aliphatic rings. The molecule has 1 saturated heterocycles. The Morgan fingerprint density at radius 1 is 1.39 bits per heavy atom. The van der Waals surface area contributed by atoms with Crippen molar-refractivity contribution in [2.24, 2.45) is 0 Å². The maximum absolute atomic E-state index is 12.6. The zero-order chi connectivity index (χ0) is 15.2. The van der Waals surface area contributed by atoms with Crippen molar-refractivity contribution < 1.29 is 4.79 Å². The van der Waals surface area contributed by atoms with Crippen LogP contribution in [0.1, 0.15) is 29.3 Å². The van der Waals surface area contributed by atoms with Crippen LogP contribution in [-0.4, -0.2) is 35.4 Å². The number of rotatable bonds is 5. The summed E-state index contributed by atoms with van der Waals surface area (Å²) in [6, 6.07) is 8.30. The summed E-state index contributed by atoms with van der Waals surface area (Å²) in [6.45, 7) is 2.45. The third kappa shape index (κ3) is 4.77. The molecule has 1 N–H and O–H groups in total. The molecule has 4 nitrogen and oxygen atoms in total. The van der Waals surface area contributed by atoms with Gasteiger partial charge in [-0.1, -0.05) is 12.1 Å². The Morgan fingerprint density at radius 3 is 3.04 bits per heavy atom. The molecule has 0 saturated carbocycles. The normalized spacial score (nSPS) is 17.6. The summed E-state index contributed by atoms with van der Waals surface area (Å²) in [5, 5.41) is 5.47. The lowest BCUT2D eigenvalue weighted by molar-refractivity contribution is -0.134. The molecule has 1 atom stereocenters. The van der Waals surface area contributed by atoms with Crippen LogP contribution in [0.2, 0.25) is 0 Å². The number of hydrogen-bond acceptors (Lipinski definition) is 4. The van der Waals surface area contributed by atoms with E-state index >= 15 is 0 Å². The summed E-state index contributed by atoms with van der Waals surface area (Å²) < 4.78 is 0. The smallest absolute Gasteiger partial charge is 0.223 e. The quantitative estimate of drug-likeness (QED) is 0.900. The fraction of sp³-hybridized carbons (Fsp3) is 0.412. The Labute approximate surface area is 147 Å². The van der Waals surface area contributed by atoms with Crippen molar-refractivity contribution in [3.05, 3.63) is 52.5 Å². The van der Waals surface area contributed by atoms with Gasteiger partial charge >= 0.3 is 0 Å². The monoisotopic (exact) mass is 351 g/mol. The van der Waals surface area contributed by atoms with Crippen LogP contribution in [0.25, 0.3) is 0 Å². The molecular weight excluding hydrogens is 330 g/mol. The molecule has 1 amide bonds. The first-order chi connectivity index (χ1) is 10.8. The first-order valence-electron chi connectivity index (χ1n) is 7.77. The molecule has 1 unspecified atom stereocenters. The Balaban J connectivity index is 0.00000192. The van der Waals surface area contributed by atoms with Crippen LogP contribution < -0.4 is 5.32 Å². The van der Waals surface area contributed by atoms with E-state index in [1.807, 2.05) is 17.2 Å². The van der Waals surface area contributed by atoms with Crippen molar-refractivity contribution in [3.63, 3.8) is 0 Å². The number of aromatic nitrogens is 1. The van der Waals surface area contributed by atoms with Gasteiger partial charge in [0.05, 0.1) is 6.04 Å². The molecule has 2 aromatic heterocycles. The molecule has 2 aromatic rings. The van der Waals surface area contributed by atoms with Gasteiger partial charge in [-0.15, -0.1) is 23.7 Å². The number of pyridine rings is 1. The molecule has 0 aromatic carbocycles. The van der Waals surface area contributed by atoms with Crippen molar-refractivity contribution in [1.82, 2.24) is 15.2 Å². The summed E-state index contributed by atoms with van der Waals surface area (Å²) >= 11 is 1.76. The van der Waals surface area contributed by atoms with Gasteiger partial charge in [0.1, 0.15) is 0 Å². The Hall–Kier alpha value is -1.43. The molecule has 0 radical (unpaired) electrons. The second kappa shape index (κ2) is 9.01. The maximum atomic E-state index is 12.6. The predicted molar refractivity (Wildman–Crippen MR) is 96.1 cm³/mol. The molecular formula is C17H22ClN3OS. The molecule has 124 valence electrons. The van der Waals surface area contributed by atoms with Gasteiger partial charge in [0.15, 0.2) is 0 Å². The molecule has 0 spiro atoms. The van der Waals surface area contributed by atoms with Gasteiger partial charge in [-0.05, 0) is 35.9 Å². The Kier molecular flexibility index (Phi) is 7.02. The van der Waals surface area contributed by atoms with Gasteiger partial charge in [0.2, 0.25) is 5.91 Å². The van der Waals surface area contributed by atoms with E-state index in [2.05, 4.69) is 33.9 Å². The standard InChI is InChI=1S/C17H21N3OS.ClH/c21-17(7-1-5-15-6-3-11-22-15)20-10-9-19-13-16(20)14-4-2-8-18-12-14;/h2-4,6,8,11-12,16,19H,1,5,7,9-10,13H2;1H. The van der Waals surface area contributed by atoms with E-state index in [0.717, 1.165) is 38.0 Å². The first-order valence-corrected chi connectivity index (χ1v) is 8.65. The number of nitrogens with zero attached hydrogens (tertiary/aromatic N) is 2. The topological polar surface area (TPSA) is 45.2 Å². The number of carbonyl (C=O) groups excluding carboxylic acids is 1. The van der Waals surface area contributed by atoms with Crippen LogP contribution in [0.3, 0.4) is 0 Å². The minimum Gasteiger partial charge on any atom is -0.333 e. The Bertz CT molecular complexity index is 591. The largest absolute Gasteiger partial charge is 0.333 e. The third-order valence-electron chi connectivity index (χ3n) is 4.03. The zero-order valence-electron chi connectivity index (χ0n) is 13.0. The van der Waals surface area contributed by atoms with E-state index in [1.165, 1.54) is 4.88 Å². The molecule has 3 rings (SSSR count). The summed E-state index contributed by atoms with van der Waals surface area (Å²) in [6.07, 6.45) is 6.17. The highest BCUT2D eigenvalue weighted by Crippen LogP contribution is 2.23. The molecule has 1 aliphatic heterocycles. The van der Waals surface area contributed by atoms with Crippen molar-refractivity contribution >= 4 is 29.7 Å². The molecule has 1 fully saturated rings. The second-order valence-electron chi connectivity index (χ2n) is 5.53. The molecule has 6 heteroatoms. The first kappa shape index (κ1) is 17.9. The minimum absolute atomic E-state index is 0. The lowest BCUT2D eigenvalue weighted by Crippen LogP contribution is -2.48. The van der Waals surface area contributed by atoms with E-state index in [-0.39, 0.29) is 24.4 Å². The summed E-state index contributed by atoms with van der Waals surface area (Å²) in [4.78, 5) is 20.2. The number of amides is 1. The van der Waals surface area contributed by atoms with Gasteiger partial charge < -0.3 is 10.2 Å². The molecule has 0 aliphatic carbocycles. The average Bonchev–Trinajstić information content (AvgIpc) is 3.09. The summed E-state index contributed by atoms with van der Waals surface area (Å²) in [5.41, 5.74) is 1.11. The number of piperazine rings is 1. The van der Waals surface area contributed by atoms with Crippen molar-refractivity contribution in [1.29, 1.82) is 0 Å². The van der Waals surface area contributed by atoms with Crippen LogP contribution in [0.4, 0.5) is 0 Å². The predicted octanol–water partition coefficient (Wildman–Crippen LogP) is 3.06. The molecule has 0 bridgehead atoms. The number of aryl methyl sites for hydroxylation is 1. The van der Waals surface area contributed by atoms with Crippen LogP contribution in [0.15, 0.2) is 42.0 Å². The van der Waals surface area contributed by atoms with Crippen LogP contribution in [0.5, 0.6) is 0 Å². The summed E-state index contributed by atoms with van der Waals surface area (Å²) in [5.74, 6) is 0.256. The number of hydrogen-bond donors (Lipinski definition) is 1. The fourth-order valence-electron chi connectivity index (χ4n) is 2.89. The second-order valence-corrected chi connectivity index (χ2v) is 6.56. The molecule has 23 heavy (non-hydrogen) atoms. The SMILES string of the molecule is Cl.O=C(CCCc1cccs1)N1CCNCC1c1cccnc1. The lowest BCUT2D eigenvalue weighted by atomic mass is 10.0. The Morgan fingerprint density at radius 2 is 2.30 bits per heavy atom. The summed E-state index contributed by atoms with van der Waals surface area (Å²) in [7, 11) is 0. The fourth-order valence-corrected chi connectivity index (χ4v) is 3.64. The van der Waals surface area contributed by atoms with E-state index in [4.69, 9.17) is 0 Å². The highest BCUT2D eigenvalue weighted by atomic mass is 35.5. The molecule has 3 heterocycles. The number of thiophene rings is 1. The zero-order valence-corrected chi connectivity index (χ0v) is 14.6. The van der Waals surface area contributed by atoms with E-state index < -0.39 is 0 Å². The number of nitrogens with one attached hydrogen (secondary N) is 1. The average molecular weight is 352 g/mol. The van der Waals surface area contributed by atoms with Crippen LogP contribution >= 0.6 is 23.7 Å². The highest BCUT2D eigenvalue weighted by Gasteiger charge is 2.27. The number of halogens is 1. The van der Waals surface area contributed by atoms with Gasteiger partial charge in [0, 0.05) is 43.3 Å². The van der Waals surface area contributed by atoms with Crippen molar-refractivity contribution in [2.45, 2.75) is 25.3 Å². The van der Waals surface area contributed by atoms with Crippen LogP contribution in [0, 0.1) is 0 Å². The lowest BCUT2D eigenvalue weighted by Gasteiger charge is -2.36. The van der Waals surface area contributed by atoms with Crippen LogP contribution in [-0.2, 0) is 11.2 Å². The van der Waals surface area contributed by atoms with Crippen molar-refractivity contribution in [3.8, 4) is 0 Å². The van der Waals surface area contributed by atoms with Gasteiger partial charge in [0.25, 0.3) is 0 Å².